The van der Waals surface area contributed by atoms with Crippen molar-refractivity contribution in [3.63, 3.8) is 0 Å². The molecule has 1 atom stereocenters. The fourth-order valence-corrected chi connectivity index (χ4v) is 2.36. The van der Waals surface area contributed by atoms with Crippen LogP contribution < -0.4 is 15.2 Å². The van der Waals surface area contributed by atoms with E-state index in [1.807, 2.05) is 29.8 Å². The number of aromatic nitrogens is 2. The Morgan fingerprint density at radius 2 is 2.24 bits per heavy atom. The molecule has 0 saturated heterocycles. The van der Waals surface area contributed by atoms with Crippen LogP contribution in [0.25, 0.3) is 0 Å². The van der Waals surface area contributed by atoms with E-state index in [9.17, 15) is 0 Å². The maximum atomic E-state index is 6.29. The molecular formula is C15H20ClN3O2. The van der Waals surface area contributed by atoms with Crippen LogP contribution in [0, 0.1) is 0 Å². The van der Waals surface area contributed by atoms with Gasteiger partial charge in [-0.2, -0.15) is 0 Å². The van der Waals surface area contributed by atoms with E-state index in [2.05, 4.69) is 4.98 Å². The maximum absolute atomic E-state index is 6.29. The van der Waals surface area contributed by atoms with Crippen molar-refractivity contribution >= 4 is 11.6 Å². The molecule has 1 unspecified atom stereocenters. The molecule has 1 aromatic heterocycles. The van der Waals surface area contributed by atoms with Crippen molar-refractivity contribution in [1.82, 2.24) is 9.55 Å². The molecule has 0 amide bonds. The summed E-state index contributed by atoms with van der Waals surface area (Å²) in [4.78, 5) is 3.98. The van der Waals surface area contributed by atoms with E-state index >= 15 is 0 Å². The topological polar surface area (TPSA) is 62.3 Å². The molecule has 6 heteroatoms. The van der Waals surface area contributed by atoms with Crippen molar-refractivity contribution in [2.75, 3.05) is 13.7 Å². The lowest BCUT2D eigenvalue weighted by Crippen LogP contribution is -2.17. The van der Waals surface area contributed by atoms with Crippen molar-refractivity contribution in [2.24, 2.45) is 5.73 Å². The van der Waals surface area contributed by atoms with Crippen LogP contribution in [0.1, 0.15) is 12.5 Å². The van der Waals surface area contributed by atoms with E-state index in [-0.39, 0.29) is 6.04 Å². The summed E-state index contributed by atoms with van der Waals surface area (Å²) in [6, 6.07) is 3.86. The lowest BCUT2D eigenvalue weighted by atomic mass is 10.1. The summed E-state index contributed by atoms with van der Waals surface area (Å²) in [5.74, 6) is 1.19. The van der Waals surface area contributed by atoms with Gasteiger partial charge < -0.3 is 19.8 Å². The number of rotatable bonds is 7. The highest BCUT2D eigenvalue weighted by molar-refractivity contribution is 6.32. The zero-order chi connectivity index (χ0) is 15.2. The van der Waals surface area contributed by atoms with Crippen LogP contribution >= 0.6 is 11.6 Å². The summed E-state index contributed by atoms with van der Waals surface area (Å²) in [5, 5.41) is 0.538. The van der Waals surface area contributed by atoms with Crippen LogP contribution in [0.2, 0.25) is 5.02 Å². The summed E-state index contributed by atoms with van der Waals surface area (Å²) < 4.78 is 13.1. The van der Waals surface area contributed by atoms with Crippen molar-refractivity contribution in [3.05, 3.63) is 41.4 Å². The molecule has 0 radical (unpaired) electrons. The normalized spacial score (nSPS) is 12.2. The van der Waals surface area contributed by atoms with Gasteiger partial charge in [0, 0.05) is 18.4 Å². The van der Waals surface area contributed by atoms with Gasteiger partial charge in [-0.05, 0) is 31.0 Å². The number of imidazole rings is 1. The zero-order valence-electron chi connectivity index (χ0n) is 12.3. The molecule has 114 valence electrons. The predicted octanol–water partition coefficient (Wildman–Crippen LogP) is 2.51. The maximum Gasteiger partial charge on any atom is 0.179 e. The minimum atomic E-state index is 0.0683. The molecule has 2 N–H and O–H groups in total. The SMILES string of the molecule is COc1cc(CC(C)N)cc(Cl)c1OCCn1ccnc1. The van der Waals surface area contributed by atoms with Crippen LogP contribution in [-0.2, 0) is 13.0 Å². The van der Waals surface area contributed by atoms with Crippen molar-refractivity contribution in [3.8, 4) is 11.5 Å². The second kappa shape index (κ2) is 7.33. The minimum absolute atomic E-state index is 0.0683. The highest BCUT2D eigenvalue weighted by Crippen LogP contribution is 2.36. The fourth-order valence-electron chi connectivity index (χ4n) is 2.08. The lowest BCUT2D eigenvalue weighted by molar-refractivity contribution is 0.279. The van der Waals surface area contributed by atoms with E-state index < -0.39 is 0 Å². The molecule has 21 heavy (non-hydrogen) atoms. The fraction of sp³-hybridized carbons (Fsp3) is 0.400. The van der Waals surface area contributed by atoms with Crippen LogP contribution in [0.3, 0.4) is 0 Å². The molecule has 0 spiro atoms. The van der Waals surface area contributed by atoms with E-state index in [0.29, 0.717) is 29.7 Å². The molecule has 0 saturated carbocycles. The second-order valence-electron chi connectivity index (χ2n) is 4.94. The first-order chi connectivity index (χ1) is 10.1. The molecule has 0 aliphatic carbocycles. The van der Waals surface area contributed by atoms with Gasteiger partial charge >= 0.3 is 0 Å². The highest BCUT2D eigenvalue weighted by Gasteiger charge is 2.13. The Bertz CT molecular complexity index is 571. The molecule has 0 aliphatic rings. The highest BCUT2D eigenvalue weighted by atomic mass is 35.5. The van der Waals surface area contributed by atoms with Gasteiger partial charge in [0.25, 0.3) is 0 Å². The average Bonchev–Trinajstić information content (AvgIpc) is 2.93. The molecule has 0 fully saturated rings. The number of halogens is 1. The Kier molecular flexibility index (Phi) is 5.47. The molecule has 1 heterocycles. The number of methoxy groups -OCH3 is 1. The molecule has 1 aromatic carbocycles. The van der Waals surface area contributed by atoms with Crippen LogP contribution in [-0.4, -0.2) is 29.3 Å². The van der Waals surface area contributed by atoms with Crippen molar-refractivity contribution in [2.45, 2.75) is 25.9 Å². The van der Waals surface area contributed by atoms with Gasteiger partial charge in [-0.3, -0.25) is 0 Å². The lowest BCUT2D eigenvalue weighted by Gasteiger charge is -2.15. The Hall–Kier alpha value is -1.72. The summed E-state index contributed by atoms with van der Waals surface area (Å²) in [5.41, 5.74) is 6.85. The minimum Gasteiger partial charge on any atom is -0.493 e. The Labute approximate surface area is 129 Å². The second-order valence-corrected chi connectivity index (χ2v) is 5.35. The standard InChI is InChI=1S/C15H20ClN3O2/c1-11(17)7-12-8-13(16)15(14(9-12)20-2)21-6-5-19-4-3-18-10-19/h3-4,8-11H,5-7,17H2,1-2H3. The molecule has 2 rings (SSSR count). The third-order valence-electron chi connectivity index (χ3n) is 3.00. The molecule has 0 bridgehead atoms. The molecule has 2 aromatic rings. The van der Waals surface area contributed by atoms with Crippen LogP contribution in [0.5, 0.6) is 11.5 Å². The van der Waals surface area contributed by atoms with E-state index in [4.69, 9.17) is 26.8 Å². The number of benzene rings is 1. The number of hydrogen-bond donors (Lipinski definition) is 1. The number of ether oxygens (including phenoxy) is 2. The Balaban J connectivity index is 2.07. The number of hydrogen-bond acceptors (Lipinski definition) is 4. The first kappa shape index (κ1) is 15.7. The largest absolute Gasteiger partial charge is 0.493 e. The third kappa shape index (κ3) is 4.37. The number of nitrogens with two attached hydrogens (primary N) is 1. The van der Waals surface area contributed by atoms with Crippen LogP contribution in [0.15, 0.2) is 30.9 Å². The van der Waals surface area contributed by atoms with E-state index in [1.54, 1.807) is 19.6 Å². The van der Waals surface area contributed by atoms with Crippen molar-refractivity contribution < 1.29 is 9.47 Å². The Morgan fingerprint density at radius 1 is 1.43 bits per heavy atom. The van der Waals surface area contributed by atoms with Crippen molar-refractivity contribution in [1.29, 1.82) is 0 Å². The first-order valence-electron chi connectivity index (χ1n) is 6.80. The molecular weight excluding hydrogens is 290 g/mol. The Morgan fingerprint density at radius 3 is 2.86 bits per heavy atom. The van der Waals surface area contributed by atoms with Gasteiger partial charge in [-0.15, -0.1) is 0 Å². The summed E-state index contributed by atoms with van der Waals surface area (Å²) in [7, 11) is 1.60. The zero-order valence-corrected chi connectivity index (χ0v) is 13.0. The quantitative estimate of drug-likeness (QED) is 0.853. The summed E-state index contributed by atoms with van der Waals surface area (Å²) in [6.45, 7) is 3.13. The third-order valence-corrected chi connectivity index (χ3v) is 3.28. The van der Waals surface area contributed by atoms with Gasteiger partial charge in [-0.1, -0.05) is 11.6 Å². The van der Waals surface area contributed by atoms with E-state index in [1.165, 1.54) is 0 Å². The monoisotopic (exact) mass is 309 g/mol. The average molecular weight is 310 g/mol. The van der Waals surface area contributed by atoms with Gasteiger partial charge in [0.15, 0.2) is 11.5 Å². The van der Waals surface area contributed by atoms with Gasteiger partial charge in [0.1, 0.15) is 6.61 Å². The predicted molar refractivity (Wildman–Crippen MR) is 83.1 cm³/mol. The number of nitrogens with zero attached hydrogens (tertiary/aromatic N) is 2. The van der Waals surface area contributed by atoms with Crippen LogP contribution in [0.4, 0.5) is 0 Å². The first-order valence-corrected chi connectivity index (χ1v) is 7.18. The van der Waals surface area contributed by atoms with Gasteiger partial charge in [-0.25, -0.2) is 4.98 Å². The molecule has 5 nitrogen and oxygen atoms in total. The van der Waals surface area contributed by atoms with E-state index in [0.717, 1.165) is 12.0 Å². The van der Waals surface area contributed by atoms with Gasteiger partial charge in [0.2, 0.25) is 0 Å². The van der Waals surface area contributed by atoms with Gasteiger partial charge in [0.05, 0.1) is 25.0 Å². The smallest absolute Gasteiger partial charge is 0.179 e. The summed E-state index contributed by atoms with van der Waals surface area (Å²) >= 11 is 6.29. The molecule has 0 aliphatic heterocycles. The summed E-state index contributed by atoms with van der Waals surface area (Å²) in [6.07, 6.45) is 6.10.